The average molecular weight is 306 g/mol. The zero-order chi connectivity index (χ0) is 15.5. The first-order valence-electron chi connectivity index (χ1n) is 6.57. The highest BCUT2D eigenvalue weighted by Gasteiger charge is 2.26. The van der Waals surface area contributed by atoms with Crippen molar-refractivity contribution in [2.24, 2.45) is 0 Å². The summed E-state index contributed by atoms with van der Waals surface area (Å²) in [7, 11) is 0. The number of pyridine rings is 1. The summed E-state index contributed by atoms with van der Waals surface area (Å²) >= 11 is 0. The summed E-state index contributed by atoms with van der Waals surface area (Å²) in [6, 6.07) is 2.79. The molecule has 0 aromatic carbocycles. The largest absolute Gasteiger partial charge is 0.488 e. The topological polar surface area (TPSA) is 68.2 Å². The molecule has 1 aliphatic heterocycles. The van der Waals surface area contributed by atoms with Crippen LogP contribution in [0.4, 0.5) is 8.78 Å². The van der Waals surface area contributed by atoms with Crippen LogP contribution in [0.1, 0.15) is 21.7 Å². The average Bonchev–Trinajstić information content (AvgIpc) is 2.96. The van der Waals surface area contributed by atoms with Gasteiger partial charge in [-0.05, 0) is 6.07 Å². The lowest BCUT2D eigenvalue weighted by Gasteiger charge is -2.15. The van der Waals surface area contributed by atoms with Gasteiger partial charge in [0.2, 0.25) is 0 Å². The summed E-state index contributed by atoms with van der Waals surface area (Å²) in [4.78, 5) is 26.0. The normalized spacial score (nSPS) is 13.3. The molecule has 0 saturated carbocycles. The van der Waals surface area contributed by atoms with Gasteiger partial charge in [-0.1, -0.05) is 0 Å². The predicted molar refractivity (Wildman–Crippen MR) is 71.3 cm³/mol. The summed E-state index contributed by atoms with van der Waals surface area (Å²) in [6.45, 7) is 0.0572. The van der Waals surface area contributed by atoms with E-state index in [1.165, 1.54) is 24.7 Å². The third-order valence-corrected chi connectivity index (χ3v) is 3.20. The molecule has 22 heavy (non-hydrogen) atoms. The molecule has 2 aromatic heterocycles. The van der Waals surface area contributed by atoms with Crippen molar-refractivity contribution < 1.29 is 18.3 Å². The van der Waals surface area contributed by atoms with Gasteiger partial charge in [0.1, 0.15) is 24.4 Å². The number of rotatable bonds is 4. The number of aromatic nitrogens is 3. The van der Waals surface area contributed by atoms with E-state index in [2.05, 4.69) is 15.0 Å². The fourth-order valence-corrected chi connectivity index (χ4v) is 2.18. The number of carbonyl (C=O) groups is 1. The molecule has 0 spiro atoms. The smallest absolute Gasteiger partial charge is 0.273 e. The molecule has 6 nitrogen and oxygen atoms in total. The predicted octanol–water partition coefficient (Wildman–Crippen LogP) is 1.67. The number of nitrogens with zero attached hydrogens (tertiary/aromatic N) is 4. The highest BCUT2D eigenvalue weighted by molar-refractivity contribution is 5.92. The Balaban J connectivity index is 1.72. The third-order valence-electron chi connectivity index (χ3n) is 3.20. The van der Waals surface area contributed by atoms with Gasteiger partial charge in [-0.3, -0.25) is 9.78 Å². The van der Waals surface area contributed by atoms with Gasteiger partial charge in [0.25, 0.3) is 12.3 Å². The van der Waals surface area contributed by atoms with Crippen molar-refractivity contribution in [1.29, 1.82) is 0 Å². The molecule has 0 fully saturated rings. The first-order chi connectivity index (χ1) is 10.6. The second kappa shape index (κ2) is 6.00. The maximum Gasteiger partial charge on any atom is 0.273 e. The zero-order valence-electron chi connectivity index (χ0n) is 11.4. The third kappa shape index (κ3) is 3.00. The Morgan fingerprint density at radius 1 is 1.36 bits per heavy atom. The lowest BCUT2D eigenvalue weighted by Crippen LogP contribution is -2.26. The number of carbonyl (C=O) groups excluding carboxylic acids is 1. The second-order valence-electron chi connectivity index (χ2n) is 4.73. The summed E-state index contributed by atoms with van der Waals surface area (Å²) in [5, 5.41) is 0. The fourth-order valence-electron chi connectivity index (χ4n) is 2.18. The maximum atomic E-state index is 12.4. The van der Waals surface area contributed by atoms with Crippen LogP contribution in [0.25, 0.3) is 0 Å². The second-order valence-corrected chi connectivity index (χ2v) is 4.73. The Morgan fingerprint density at radius 2 is 2.23 bits per heavy atom. The van der Waals surface area contributed by atoms with Crippen LogP contribution in [0.2, 0.25) is 0 Å². The van der Waals surface area contributed by atoms with E-state index in [1.54, 1.807) is 11.1 Å². The molecular weight excluding hydrogens is 294 g/mol. The SMILES string of the molecule is O=C(c1cc(OCC(F)F)ccn1)N1Cc2cncnc2C1. The molecule has 0 saturated heterocycles. The zero-order valence-corrected chi connectivity index (χ0v) is 11.4. The molecule has 0 unspecified atom stereocenters. The van der Waals surface area contributed by atoms with Gasteiger partial charge in [0.05, 0.1) is 12.2 Å². The van der Waals surface area contributed by atoms with E-state index in [4.69, 9.17) is 4.74 Å². The van der Waals surface area contributed by atoms with Crippen molar-refractivity contribution >= 4 is 5.91 Å². The molecule has 1 amide bonds. The Morgan fingerprint density at radius 3 is 3.00 bits per heavy atom. The number of alkyl halides is 2. The van der Waals surface area contributed by atoms with Crippen molar-refractivity contribution in [3.8, 4) is 5.75 Å². The summed E-state index contributed by atoms with van der Waals surface area (Å²) in [6.07, 6.45) is 1.89. The first kappa shape index (κ1) is 14.3. The molecule has 0 aliphatic carbocycles. The minimum absolute atomic E-state index is 0.146. The number of halogens is 2. The van der Waals surface area contributed by atoms with Gasteiger partial charge in [-0.15, -0.1) is 0 Å². The van der Waals surface area contributed by atoms with E-state index < -0.39 is 13.0 Å². The Hall–Kier alpha value is -2.64. The maximum absolute atomic E-state index is 12.4. The van der Waals surface area contributed by atoms with Crippen molar-refractivity contribution in [2.45, 2.75) is 19.5 Å². The highest BCUT2D eigenvalue weighted by Crippen LogP contribution is 2.22. The minimum atomic E-state index is -2.57. The molecule has 8 heteroatoms. The van der Waals surface area contributed by atoms with Gasteiger partial charge in [-0.2, -0.15) is 0 Å². The minimum Gasteiger partial charge on any atom is -0.488 e. The molecule has 2 aromatic rings. The number of ether oxygens (including phenoxy) is 1. The molecular formula is C14H12F2N4O2. The molecule has 0 bridgehead atoms. The highest BCUT2D eigenvalue weighted by atomic mass is 19.3. The van der Waals surface area contributed by atoms with Crippen LogP contribution in [-0.4, -0.2) is 38.8 Å². The standard InChI is InChI=1S/C14H12F2N4O2/c15-13(16)7-22-10-1-2-18-11(3-10)14(21)20-5-9-4-17-8-19-12(9)6-20/h1-4,8,13H,5-7H2. The van der Waals surface area contributed by atoms with Crippen LogP contribution in [0, 0.1) is 0 Å². The Bertz CT molecular complexity index is 671. The molecule has 0 N–H and O–H groups in total. The molecule has 3 heterocycles. The van der Waals surface area contributed by atoms with E-state index in [9.17, 15) is 13.6 Å². The van der Waals surface area contributed by atoms with Crippen molar-refractivity contribution in [3.63, 3.8) is 0 Å². The molecule has 3 rings (SSSR count). The number of amides is 1. The van der Waals surface area contributed by atoms with Crippen LogP contribution in [0.15, 0.2) is 30.9 Å². The van der Waals surface area contributed by atoms with E-state index in [0.29, 0.717) is 13.1 Å². The fraction of sp³-hybridized carbons (Fsp3) is 0.286. The molecule has 0 radical (unpaired) electrons. The van der Waals surface area contributed by atoms with E-state index >= 15 is 0 Å². The van der Waals surface area contributed by atoms with Crippen LogP contribution < -0.4 is 4.74 Å². The lowest BCUT2D eigenvalue weighted by molar-refractivity contribution is 0.0741. The quantitative estimate of drug-likeness (QED) is 0.859. The number of hydrogen-bond donors (Lipinski definition) is 0. The van der Waals surface area contributed by atoms with Crippen LogP contribution in [0.5, 0.6) is 5.75 Å². The van der Waals surface area contributed by atoms with Gasteiger partial charge < -0.3 is 9.64 Å². The Kier molecular flexibility index (Phi) is 3.90. The van der Waals surface area contributed by atoms with E-state index in [0.717, 1.165) is 11.3 Å². The van der Waals surface area contributed by atoms with Crippen LogP contribution in [-0.2, 0) is 13.1 Å². The molecule has 0 atom stereocenters. The van der Waals surface area contributed by atoms with Crippen molar-refractivity contribution in [3.05, 3.63) is 47.8 Å². The van der Waals surface area contributed by atoms with Crippen LogP contribution in [0.3, 0.4) is 0 Å². The lowest BCUT2D eigenvalue weighted by atomic mass is 10.3. The monoisotopic (exact) mass is 306 g/mol. The summed E-state index contributed by atoms with van der Waals surface area (Å²) < 4.78 is 29.2. The summed E-state index contributed by atoms with van der Waals surface area (Å²) in [5.74, 6) is -0.115. The first-order valence-corrected chi connectivity index (χ1v) is 6.57. The van der Waals surface area contributed by atoms with Crippen molar-refractivity contribution in [2.75, 3.05) is 6.61 Å². The summed E-state index contributed by atoms with van der Waals surface area (Å²) in [5.41, 5.74) is 1.84. The van der Waals surface area contributed by atoms with Crippen LogP contribution >= 0.6 is 0 Å². The molecule has 114 valence electrons. The Labute approximate surface area is 124 Å². The van der Waals surface area contributed by atoms with Gasteiger partial charge >= 0.3 is 0 Å². The number of fused-ring (bicyclic) bond motifs is 1. The van der Waals surface area contributed by atoms with E-state index in [-0.39, 0.29) is 17.4 Å². The number of hydrogen-bond acceptors (Lipinski definition) is 5. The van der Waals surface area contributed by atoms with E-state index in [1.807, 2.05) is 0 Å². The van der Waals surface area contributed by atoms with Gasteiger partial charge in [0, 0.05) is 30.6 Å². The van der Waals surface area contributed by atoms with Crippen molar-refractivity contribution in [1.82, 2.24) is 19.9 Å². The molecule has 1 aliphatic rings. The van der Waals surface area contributed by atoms with Gasteiger partial charge in [-0.25, -0.2) is 18.7 Å². The van der Waals surface area contributed by atoms with Gasteiger partial charge in [0.15, 0.2) is 0 Å².